The maximum atomic E-state index is 12.6. The molecule has 6 rings (SSSR count). The third-order valence-corrected chi connectivity index (χ3v) is 7.60. The summed E-state index contributed by atoms with van der Waals surface area (Å²) in [5, 5.41) is 37.0. The van der Waals surface area contributed by atoms with E-state index in [1.807, 2.05) is 24.5 Å². The maximum Gasteiger partial charge on any atom is 0.226 e. The molecule has 3 aliphatic carbocycles. The van der Waals surface area contributed by atoms with Crippen molar-refractivity contribution in [1.29, 1.82) is 0 Å². The molecular formula is C23H27N7O3S. The zero-order valence-corrected chi connectivity index (χ0v) is 19.5. The molecule has 3 aromatic rings. The van der Waals surface area contributed by atoms with Crippen molar-refractivity contribution < 1.29 is 15.0 Å². The SMILES string of the molecule is CSc1nc(NC2CC2c2ccccc2)c2nnn([C@H]3C[C@@H](C(=O)NC4CC4)[C@H](O)[C@@H]3O)c2n1. The summed E-state index contributed by atoms with van der Waals surface area (Å²) < 4.78 is 1.54. The number of aliphatic hydroxyl groups is 2. The molecule has 6 atom stereocenters. The number of amides is 1. The summed E-state index contributed by atoms with van der Waals surface area (Å²) in [5.74, 6) is 0.109. The number of benzene rings is 1. The van der Waals surface area contributed by atoms with Gasteiger partial charge in [-0.3, -0.25) is 4.79 Å². The molecule has 0 spiro atoms. The van der Waals surface area contributed by atoms with Gasteiger partial charge in [0.2, 0.25) is 5.91 Å². The van der Waals surface area contributed by atoms with Crippen molar-refractivity contribution in [2.75, 3.05) is 11.6 Å². The molecule has 34 heavy (non-hydrogen) atoms. The Labute approximate surface area is 200 Å². The van der Waals surface area contributed by atoms with Gasteiger partial charge >= 0.3 is 0 Å². The minimum Gasteiger partial charge on any atom is -0.390 e. The van der Waals surface area contributed by atoms with Gasteiger partial charge in [-0.15, -0.1) is 5.10 Å². The number of aliphatic hydroxyl groups excluding tert-OH is 2. The van der Waals surface area contributed by atoms with Gasteiger partial charge in [0, 0.05) is 18.0 Å². The molecule has 2 unspecified atom stereocenters. The molecule has 3 saturated carbocycles. The number of anilines is 1. The summed E-state index contributed by atoms with van der Waals surface area (Å²) in [6.07, 6.45) is 2.78. The number of hydrogen-bond acceptors (Lipinski definition) is 9. The van der Waals surface area contributed by atoms with E-state index in [2.05, 4.69) is 43.0 Å². The predicted molar refractivity (Wildman–Crippen MR) is 126 cm³/mol. The van der Waals surface area contributed by atoms with Crippen molar-refractivity contribution in [2.45, 2.75) is 67.1 Å². The molecule has 2 aromatic heterocycles. The number of aromatic nitrogens is 5. The average molecular weight is 482 g/mol. The van der Waals surface area contributed by atoms with E-state index in [-0.39, 0.29) is 24.4 Å². The first-order chi connectivity index (χ1) is 16.5. The van der Waals surface area contributed by atoms with Crippen LogP contribution < -0.4 is 10.6 Å². The molecule has 0 aliphatic heterocycles. The number of thioether (sulfide) groups is 1. The highest BCUT2D eigenvalue weighted by Gasteiger charge is 2.48. The quantitative estimate of drug-likeness (QED) is 0.292. The Bertz CT molecular complexity index is 1220. The number of hydrogen-bond donors (Lipinski definition) is 4. The Morgan fingerprint density at radius 1 is 1.12 bits per heavy atom. The minimum absolute atomic E-state index is 0.190. The molecule has 1 aromatic carbocycles. The van der Waals surface area contributed by atoms with Crippen molar-refractivity contribution in [3.05, 3.63) is 35.9 Å². The first-order valence-electron chi connectivity index (χ1n) is 11.7. The fraction of sp³-hybridized carbons (Fsp3) is 0.522. The molecule has 0 bridgehead atoms. The second-order valence-electron chi connectivity index (χ2n) is 9.44. The predicted octanol–water partition coefficient (Wildman–Crippen LogP) is 1.47. The summed E-state index contributed by atoms with van der Waals surface area (Å²) in [6, 6.07) is 10.2. The van der Waals surface area contributed by atoms with Crippen LogP contribution in [-0.2, 0) is 4.79 Å². The van der Waals surface area contributed by atoms with Crippen molar-refractivity contribution in [2.24, 2.45) is 5.92 Å². The lowest BCUT2D eigenvalue weighted by molar-refractivity contribution is -0.129. The Hall–Kier alpha value is -2.76. The smallest absolute Gasteiger partial charge is 0.226 e. The van der Waals surface area contributed by atoms with Crippen LogP contribution in [0.1, 0.15) is 43.2 Å². The molecule has 1 amide bonds. The number of rotatable bonds is 7. The first kappa shape index (κ1) is 21.8. The molecule has 10 nitrogen and oxygen atoms in total. The summed E-state index contributed by atoms with van der Waals surface area (Å²) in [6.45, 7) is 0. The fourth-order valence-corrected chi connectivity index (χ4v) is 5.23. The van der Waals surface area contributed by atoms with E-state index in [4.69, 9.17) is 0 Å². The van der Waals surface area contributed by atoms with E-state index < -0.39 is 24.2 Å². The van der Waals surface area contributed by atoms with Crippen LogP contribution in [0.2, 0.25) is 0 Å². The summed E-state index contributed by atoms with van der Waals surface area (Å²) in [4.78, 5) is 21.8. The van der Waals surface area contributed by atoms with Crippen molar-refractivity contribution in [3.8, 4) is 0 Å². The largest absolute Gasteiger partial charge is 0.390 e. The van der Waals surface area contributed by atoms with Gasteiger partial charge in [-0.05, 0) is 37.5 Å². The van der Waals surface area contributed by atoms with E-state index >= 15 is 0 Å². The van der Waals surface area contributed by atoms with Crippen LogP contribution >= 0.6 is 11.8 Å². The maximum absolute atomic E-state index is 12.6. The molecular weight excluding hydrogens is 454 g/mol. The average Bonchev–Trinajstić information content (AvgIpc) is 3.76. The molecule has 178 valence electrons. The first-order valence-corrected chi connectivity index (χ1v) is 12.9. The van der Waals surface area contributed by atoms with Crippen LogP contribution in [0.3, 0.4) is 0 Å². The van der Waals surface area contributed by atoms with Gasteiger partial charge in [0.15, 0.2) is 22.1 Å². The standard InChI is InChI=1S/C23H27N7O3S/c1-34-23-26-20(25-15-9-13(15)11-5-3-2-4-6-11)17-21(27-23)30(29-28-17)16-10-14(18(31)19(16)32)22(33)24-12-7-8-12/h2-6,12-16,18-19,31-32H,7-10H2,1H3,(H,24,33)(H,25,26,27)/t13?,14-,15?,16+,18+,19-/m1/s1. The fourth-order valence-electron chi connectivity index (χ4n) is 4.87. The van der Waals surface area contributed by atoms with Gasteiger partial charge in [0.1, 0.15) is 6.10 Å². The molecule has 0 radical (unpaired) electrons. The molecule has 11 heteroatoms. The molecule has 2 heterocycles. The Balaban J connectivity index is 1.27. The van der Waals surface area contributed by atoms with Gasteiger partial charge in [0.05, 0.1) is 18.1 Å². The van der Waals surface area contributed by atoms with Crippen molar-refractivity contribution >= 4 is 34.7 Å². The van der Waals surface area contributed by atoms with E-state index in [9.17, 15) is 15.0 Å². The van der Waals surface area contributed by atoms with Gasteiger partial charge in [-0.25, -0.2) is 14.6 Å². The number of carbonyl (C=O) groups excluding carboxylic acids is 1. The van der Waals surface area contributed by atoms with Gasteiger partial charge in [-0.2, -0.15) is 0 Å². The van der Waals surface area contributed by atoms with E-state index in [1.165, 1.54) is 17.3 Å². The van der Waals surface area contributed by atoms with Gasteiger partial charge in [0.25, 0.3) is 0 Å². The number of fused-ring (bicyclic) bond motifs is 1. The second kappa shape index (κ2) is 8.47. The van der Waals surface area contributed by atoms with E-state index in [0.717, 1.165) is 19.3 Å². The van der Waals surface area contributed by atoms with Crippen LogP contribution in [-0.4, -0.2) is 71.6 Å². The van der Waals surface area contributed by atoms with E-state index in [1.54, 1.807) is 4.68 Å². The summed E-state index contributed by atoms with van der Waals surface area (Å²) in [5.41, 5.74) is 2.29. The Kier molecular flexibility index (Phi) is 5.42. The Morgan fingerprint density at radius 2 is 1.91 bits per heavy atom. The van der Waals surface area contributed by atoms with Crippen molar-refractivity contribution in [3.63, 3.8) is 0 Å². The zero-order chi connectivity index (χ0) is 23.4. The number of carbonyl (C=O) groups is 1. The normalized spacial score (nSPS) is 30.4. The number of nitrogens with one attached hydrogen (secondary N) is 2. The van der Waals surface area contributed by atoms with Crippen molar-refractivity contribution in [1.82, 2.24) is 30.3 Å². The lowest BCUT2D eigenvalue weighted by Gasteiger charge is -2.17. The van der Waals surface area contributed by atoms with Crippen LogP contribution in [0.5, 0.6) is 0 Å². The molecule has 4 N–H and O–H groups in total. The minimum atomic E-state index is -1.17. The van der Waals surface area contributed by atoms with Gasteiger partial charge < -0.3 is 20.8 Å². The molecule has 0 saturated heterocycles. The lowest BCUT2D eigenvalue weighted by atomic mass is 10.0. The van der Waals surface area contributed by atoms with Crippen LogP contribution in [0, 0.1) is 5.92 Å². The topological polar surface area (TPSA) is 138 Å². The number of nitrogens with zero attached hydrogens (tertiary/aromatic N) is 5. The lowest BCUT2D eigenvalue weighted by Crippen LogP contribution is -2.39. The highest BCUT2D eigenvalue weighted by atomic mass is 32.2. The highest BCUT2D eigenvalue weighted by molar-refractivity contribution is 7.98. The summed E-state index contributed by atoms with van der Waals surface area (Å²) >= 11 is 1.41. The second-order valence-corrected chi connectivity index (χ2v) is 10.2. The highest BCUT2D eigenvalue weighted by Crippen LogP contribution is 2.43. The van der Waals surface area contributed by atoms with E-state index in [0.29, 0.717) is 28.1 Å². The van der Waals surface area contributed by atoms with Crippen LogP contribution in [0.15, 0.2) is 35.5 Å². The summed E-state index contributed by atoms with van der Waals surface area (Å²) in [7, 11) is 0. The van der Waals surface area contributed by atoms with Gasteiger partial charge in [-0.1, -0.05) is 47.3 Å². The van der Waals surface area contributed by atoms with Crippen LogP contribution in [0.25, 0.3) is 11.2 Å². The Morgan fingerprint density at radius 3 is 2.65 bits per heavy atom. The zero-order valence-electron chi connectivity index (χ0n) is 18.7. The monoisotopic (exact) mass is 481 g/mol. The van der Waals surface area contributed by atoms with Crippen LogP contribution in [0.4, 0.5) is 5.82 Å². The molecule has 3 aliphatic rings. The third kappa shape index (κ3) is 3.91. The molecule has 3 fully saturated rings. The third-order valence-electron chi connectivity index (χ3n) is 7.05.